The van der Waals surface area contributed by atoms with Crippen molar-refractivity contribution in [3.05, 3.63) is 114 Å². The molecule has 0 radical (unpaired) electrons. The van der Waals surface area contributed by atoms with E-state index >= 15 is 0 Å². The Labute approximate surface area is 184 Å². The SMILES string of the molecule is O=C1C(=O)N(Cc2ccncc2)C(c2ccncc2)/C1=C(/O)c1ccc2ccccc2c1. The third-order valence-electron chi connectivity index (χ3n) is 5.69. The molecule has 3 heterocycles. The molecule has 1 atom stereocenters. The summed E-state index contributed by atoms with van der Waals surface area (Å²) in [4.78, 5) is 35.7. The van der Waals surface area contributed by atoms with Gasteiger partial charge < -0.3 is 10.0 Å². The number of hydrogen-bond acceptors (Lipinski definition) is 5. The van der Waals surface area contributed by atoms with Gasteiger partial charge in [-0.2, -0.15) is 0 Å². The number of nitrogens with zero attached hydrogens (tertiary/aromatic N) is 3. The van der Waals surface area contributed by atoms with E-state index in [4.69, 9.17) is 0 Å². The van der Waals surface area contributed by atoms with E-state index < -0.39 is 17.7 Å². The van der Waals surface area contributed by atoms with E-state index in [2.05, 4.69) is 9.97 Å². The van der Waals surface area contributed by atoms with Crippen molar-refractivity contribution in [3.63, 3.8) is 0 Å². The summed E-state index contributed by atoms with van der Waals surface area (Å²) < 4.78 is 0. The van der Waals surface area contributed by atoms with Crippen LogP contribution in [0.4, 0.5) is 0 Å². The van der Waals surface area contributed by atoms with Gasteiger partial charge in [0.05, 0.1) is 11.6 Å². The smallest absolute Gasteiger partial charge is 0.295 e. The molecule has 2 aromatic heterocycles. The maximum absolute atomic E-state index is 13.1. The van der Waals surface area contributed by atoms with Crippen molar-refractivity contribution in [2.75, 3.05) is 0 Å². The molecule has 0 spiro atoms. The fourth-order valence-electron chi connectivity index (χ4n) is 4.11. The highest BCUT2D eigenvalue weighted by Crippen LogP contribution is 2.40. The molecule has 156 valence electrons. The lowest BCUT2D eigenvalue weighted by atomic mass is 9.95. The van der Waals surface area contributed by atoms with E-state index in [9.17, 15) is 14.7 Å². The van der Waals surface area contributed by atoms with Gasteiger partial charge in [-0.1, -0.05) is 36.4 Å². The lowest BCUT2D eigenvalue weighted by Crippen LogP contribution is -2.29. The molecule has 1 aliphatic heterocycles. The fraction of sp³-hybridized carbons (Fsp3) is 0.0769. The van der Waals surface area contributed by atoms with E-state index in [-0.39, 0.29) is 17.9 Å². The van der Waals surface area contributed by atoms with Crippen molar-refractivity contribution in [1.29, 1.82) is 0 Å². The van der Waals surface area contributed by atoms with Gasteiger partial charge in [-0.25, -0.2) is 0 Å². The van der Waals surface area contributed by atoms with Gasteiger partial charge in [0.15, 0.2) is 0 Å². The van der Waals surface area contributed by atoms with Crippen molar-refractivity contribution < 1.29 is 14.7 Å². The number of ketones is 1. The number of carbonyl (C=O) groups excluding carboxylic acids is 2. The molecule has 6 nitrogen and oxygen atoms in total. The van der Waals surface area contributed by atoms with E-state index in [0.717, 1.165) is 16.3 Å². The number of aromatic nitrogens is 2. The zero-order valence-electron chi connectivity index (χ0n) is 17.1. The summed E-state index contributed by atoms with van der Waals surface area (Å²) in [5.74, 6) is -1.54. The van der Waals surface area contributed by atoms with E-state index in [1.54, 1.807) is 55.1 Å². The van der Waals surface area contributed by atoms with Gasteiger partial charge in [-0.05, 0) is 52.2 Å². The number of aliphatic hydroxyl groups is 1. The quantitative estimate of drug-likeness (QED) is 0.303. The number of hydrogen-bond donors (Lipinski definition) is 1. The highest BCUT2D eigenvalue weighted by Gasteiger charge is 2.46. The predicted octanol–water partition coefficient (Wildman–Crippen LogP) is 4.25. The summed E-state index contributed by atoms with van der Waals surface area (Å²) in [5, 5.41) is 13.2. The maximum Gasteiger partial charge on any atom is 0.295 e. The first-order chi connectivity index (χ1) is 15.6. The molecule has 1 unspecified atom stereocenters. The van der Waals surface area contributed by atoms with Crippen LogP contribution in [0.2, 0.25) is 0 Å². The first kappa shape index (κ1) is 19.6. The van der Waals surface area contributed by atoms with Crippen molar-refractivity contribution >= 4 is 28.2 Å². The summed E-state index contributed by atoms with van der Waals surface area (Å²) in [6.45, 7) is 0.217. The van der Waals surface area contributed by atoms with Crippen LogP contribution >= 0.6 is 0 Å². The van der Waals surface area contributed by atoms with E-state index in [1.165, 1.54) is 4.90 Å². The molecule has 1 N–H and O–H groups in total. The second-order valence-corrected chi connectivity index (χ2v) is 7.62. The van der Waals surface area contributed by atoms with Crippen molar-refractivity contribution in [3.8, 4) is 0 Å². The average molecular weight is 421 g/mol. The van der Waals surface area contributed by atoms with Crippen LogP contribution in [0.15, 0.2) is 97.1 Å². The molecular weight excluding hydrogens is 402 g/mol. The summed E-state index contributed by atoms with van der Waals surface area (Å²) in [5.41, 5.74) is 2.11. The monoisotopic (exact) mass is 421 g/mol. The molecule has 1 amide bonds. The van der Waals surface area contributed by atoms with Crippen molar-refractivity contribution in [1.82, 2.24) is 14.9 Å². The zero-order chi connectivity index (χ0) is 22.1. The van der Waals surface area contributed by atoms with Crippen molar-refractivity contribution in [2.24, 2.45) is 0 Å². The van der Waals surface area contributed by atoms with Gasteiger partial charge in [0.25, 0.3) is 11.7 Å². The van der Waals surface area contributed by atoms with Gasteiger partial charge in [0, 0.05) is 36.9 Å². The Morgan fingerprint density at radius 3 is 2.22 bits per heavy atom. The molecular formula is C26H19N3O3. The Morgan fingerprint density at radius 2 is 1.50 bits per heavy atom. The lowest BCUT2D eigenvalue weighted by Gasteiger charge is -2.25. The number of pyridine rings is 2. The standard InChI is InChI=1S/C26H19N3O3/c30-24(21-6-5-18-3-1-2-4-20(18)15-21)22-23(19-9-13-28-14-10-19)29(26(32)25(22)31)16-17-7-11-27-12-8-17/h1-15,23,30H,16H2/b24-22-. The average Bonchev–Trinajstić information content (AvgIpc) is 3.09. The van der Waals surface area contributed by atoms with Gasteiger partial charge in [0.2, 0.25) is 0 Å². The second kappa shape index (κ2) is 8.07. The summed E-state index contributed by atoms with van der Waals surface area (Å²) in [6.07, 6.45) is 6.50. The van der Waals surface area contributed by atoms with Crippen LogP contribution in [-0.2, 0) is 16.1 Å². The van der Waals surface area contributed by atoms with Crippen LogP contribution in [0.3, 0.4) is 0 Å². The van der Waals surface area contributed by atoms with E-state index in [0.29, 0.717) is 11.1 Å². The number of amides is 1. The molecule has 1 fully saturated rings. The Hall–Kier alpha value is -4.32. The Bertz CT molecular complexity index is 1350. The molecule has 0 saturated carbocycles. The van der Waals surface area contributed by atoms with Crippen LogP contribution in [0.25, 0.3) is 16.5 Å². The number of benzene rings is 2. The molecule has 1 aliphatic rings. The molecule has 0 aliphatic carbocycles. The lowest BCUT2D eigenvalue weighted by molar-refractivity contribution is -0.140. The topological polar surface area (TPSA) is 83.4 Å². The molecule has 2 aromatic carbocycles. The Balaban J connectivity index is 1.66. The number of fused-ring (bicyclic) bond motifs is 1. The number of likely N-dealkylation sites (tertiary alicyclic amines) is 1. The molecule has 0 bridgehead atoms. The Morgan fingerprint density at radius 1 is 0.844 bits per heavy atom. The number of carbonyl (C=O) groups is 2. The minimum Gasteiger partial charge on any atom is -0.507 e. The maximum atomic E-state index is 13.1. The largest absolute Gasteiger partial charge is 0.507 e. The van der Waals surface area contributed by atoms with Gasteiger partial charge in [-0.15, -0.1) is 0 Å². The number of rotatable bonds is 4. The third kappa shape index (κ3) is 3.41. The first-order valence-electron chi connectivity index (χ1n) is 10.2. The van der Waals surface area contributed by atoms with Gasteiger partial charge in [0.1, 0.15) is 5.76 Å². The molecule has 6 heteroatoms. The summed E-state index contributed by atoms with van der Waals surface area (Å²) >= 11 is 0. The molecule has 1 saturated heterocycles. The number of Topliss-reactive ketones (excluding diaryl/α,β-unsaturated/α-hetero) is 1. The van der Waals surface area contributed by atoms with Gasteiger partial charge >= 0.3 is 0 Å². The summed E-state index contributed by atoms with van der Waals surface area (Å²) in [7, 11) is 0. The normalized spacial score (nSPS) is 17.8. The van der Waals surface area contributed by atoms with Crippen LogP contribution in [0, 0.1) is 0 Å². The minimum atomic E-state index is -0.724. The summed E-state index contributed by atoms with van der Waals surface area (Å²) in [6, 6.07) is 19.6. The highest BCUT2D eigenvalue weighted by atomic mass is 16.3. The molecule has 4 aromatic rings. The number of aliphatic hydroxyl groups excluding tert-OH is 1. The molecule has 5 rings (SSSR count). The Kier molecular flexibility index (Phi) is 4.95. The third-order valence-corrected chi connectivity index (χ3v) is 5.69. The first-order valence-corrected chi connectivity index (χ1v) is 10.2. The van der Waals surface area contributed by atoms with Crippen LogP contribution in [-0.4, -0.2) is 31.7 Å². The van der Waals surface area contributed by atoms with Crippen molar-refractivity contribution in [2.45, 2.75) is 12.6 Å². The molecule has 32 heavy (non-hydrogen) atoms. The fourth-order valence-corrected chi connectivity index (χ4v) is 4.11. The van der Waals surface area contributed by atoms with Gasteiger partial charge in [-0.3, -0.25) is 19.6 Å². The predicted molar refractivity (Wildman–Crippen MR) is 120 cm³/mol. The minimum absolute atomic E-state index is 0.0746. The van der Waals surface area contributed by atoms with Crippen LogP contribution < -0.4 is 0 Å². The van der Waals surface area contributed by atoms with E-state index in [1.807, 2.05) is 36.4 Å². The zero-order valence-corrected chi connectivity index (χ0v) is 17.1. The highest BCUT2D eigenvalue weighted by molar-refractivity contribution is 6.46. The second-order valence-electron chi connectivity index (χ2n) is 7.62. The van der Waals surface area contributed by atoms with Crippen LogP contribution in [0.5, 0.6) is 0 Å². The van der Waals surface area contributed by atoms with Crippen LogP contribution in [0.1, 0.15) is 22.7 Å².